The average Bonchev–Trinajstić information content (AvgIpc) is 3.15. The van der Waals surface area contributed by atoms with Gasteiger partial charge in [-0.05, 0) is 42.5 Å². The Morgan fingerprint density at radius 3 is 2.65 bits per heavy atom. The summed E-state index contributed by atoms with van der Waals surface area (Å²) in [7, 11) is -2.50. The summed E-state index contributed by atoms with van der Waals surface area (Å²) >= 11 is 6.02. The van der Waals surface area contributed by atoms with Crippen LogP contribution in [0.15, 0.2) is 70.3 Å². The molecule has 0 aliphatic carbocycles. The first-order valence-electron chi connectivity index (χ1n) is 7.76. The molecule has 3 rings (SSSR count). The zero-order chi connectivity index (χ0) is 18.6. The molecule has 0 unspecified atom stereocenters. The number of pyridine rings is 1. The summed E-state index contributed by atoms with van der Waals surface area (Å²) in [4.78, 5) is 4.22. The molecule has 8 heteroatoms. The number of benzene rings is 1. The maximum absolute atomic E-state index is 13.3. The van der Waals surface area contributed by atoms with E-state index in [4.69, 9.17) is 20.8 Å². The smallest absolute Gasteiger partial charge is 0.247 e. The van der Waals surface area contributed by atoms with Crippen LogP contribution >= 0.6 is 11.6 Å². The van der Waals surface area contributed by atoms with Crippen LogP contribution in [0, 0.1) is 0 Å². The third-order valence-corrected chi connectivity index (χ3v) is 5.77. The molecule has 26 heavy (non-hydrogen) atoms. The van der Waals surface area contributed by atoms with Gasteiger partial charge in [0.05, 0.1) is 32.2 Å². The zero-order valence-corrected chi connectivity index (χ0v) is 15.6. The largest absolute Gasteiger partial charge is 0.495 e. The van der Waals surface area contributed by atoms with Crippen molar-refractivity contribution >= 4 is 21.6 Å². The molecule has 2 heterocycles. The summed E-state index contributed by atoms with van der Waals surface area (Å²) in [5, 5.41) is 0.306. The lowest BCUT2D eigenvalue weighted by Crippen LogP contribution is -2.30. The fourth-order valence-corrected chi connectivity index (χ4v) is 4.26. The molecule has 0 fully saturated rings. The molecule has 0 bridgehead atoms. The number of hydrogen-bond donors (Lipinski definition) is 0. The van der Waals surface area contributed by atoms with E-state index in [-0.39, 0.29) is 23.7 Å². The second-order valence-corrected chi connectivity index (χ2v) is 7.81. The van der Waals surface area contributed by atoms with E-state index in [2.05, 4.69) is 4.98 Å². The molecule has 6 nitrogen and oxygen atoms in total. The monoisotopic (exact) mass is 392 g/mol. The van der Waals surface area contributed by atoms with Gasteiger partial charge in [-0.3, -0.25) is 4.98 Å². The quantitative estimate of drug-likeness (QED) is 0.612. The van der Waals surface area contributed by atoms with E-state index in [1.165, 1.54) is 29.8 Å². The Hall–Kier alpha value is -2.35. The number of methoxy groups -OCH3 is 1. The van der Waals surface area contributed by atoms with Gasteiger partial charge in [0.25, 0.3) is 0 Å². The van der Waals surface area contributed by atoms with Gasteiger partial charge in [0.2, 0.25) is 10.0 Å². The van der Waals surface area contributed by atoms with E-state index < -0.39 is 10.0 Å². The first-order chi connectivity index (χ1) is 12.5. The van der Waals surface area contributed by atoms with Crippen LogP contribution in [0.2, 0.25) is 5.02 Å². The highest BCUT2D eigenvalue weighted by atomic mass is 35.5. The lowest BCUT2D eigenvalue weighted by Gasteiger charge is -2.22. The summed E-state index contributed by atoms with van der Waals surface area (Å²) in [6.45, 7) is 0.140. The SMILES string of the molecule is COc1ccc(Cl)cc1S(=O)(=O)N(Cc1ccccn1)Cc1ccco1. The summed E-state index contributed by atoms with van der Waals surface area (Å²) in [6, 6.07) is 13.3. The number of ether oxygens (including phenoxy) is 1. The minimum atomic E-state index is -3.92. The molecule has 0 N–H and O–H groups in total. The van der Waals surface area contributed by atoms with Crippen LogP contribution in [-0.4, -0.2) is 24.8 Å². The van der Waals surface area contributed by atoms with Gasteiger partial charge >= 0.3 is 0 Å². The van der Waals surface area contributed by atoms with Crippen LogP contribution in [0.3, 0.4) is 0 Å². The van der Waals surface area contributed by atoms with Gasteiger partial charge in [-0.1, -0.05) is 17.7 Å². The van der Waals surface area contributed by atoms with Gasteiger partial charge in [-0.15, -0.1) is 0 Å². The van der Waals surface area contributed by atoms with Crippen molar-refractivity contribution in [3.8, 4) is 5.75 Å². The fraction of sp³-hybridized carbons (Fsp3) is 0.167. The summed E-state index contributed by atoms with van der Waals surface area (Å²) in [5.74, 6) is 0.741. The molecular formula is C18H17ClN2O4S. The second kappa shape index (κ2) is 7.90. The summed E-state index contributed by atoms with van der Waals surface area (Å²) in [5.41, 5.74) is 0.614. The molecule has 3 aromatic rings. The number of nitrogens with zero attached hydrogens (tertiary/aromatic N) is 2. The number of sulfonamides is 1. The Labute approximate surface area is 157 Å². The maximum atomic E-state index is 13.3. The van der Waals surface area contributed by atoms with E-state index >= 15 is 0 Å². The highest BCUT2D eigenvalue weighted by Crippen LogP contribution is 2.31. The Balaban J connectivity index is 2.03. The van der Waals surface area contributed by atoms with E-state index in [0.717, 1.165) is 0 Å². The molecule has 0 amide bonds. The van der Waals surface area contributed by atoms with Crippen LogP contribution in [0.5, 0.6) is 5.75 Å². The first-order valence-corrected chi connectivity index (χ1v) is 9.58. The van der Waals surface area contributed by atoms with Crippen LogP contribution < -0.4 is 4.74 Å². The van der Waals surface area contributed by atoms with Crippen LogP contribution in [0.4, 0.5) is 0 Å². The number of rotatable bonds is 7. The lowest BCUT2D eigenvalue weighted by atomic mass is 10.3. The van der Waals surface area contributed by atoms with Crippen molar-refractivity contribution in [1.82, 2.24) is 9.29 Å². The molecule has 136 valence electrons. The molecule has 0 aliphatic heterocycles. The van der Waals surface area contributed by atoms with Crippen molar-refractivity contribution in [3.05, 3.63) is 77.5 Å². The van der Waals surface area contributed by atoms with Gasteiger partial charge in [-0.25, -0.2) is 8.42 Å². The average molecular weight is 393 g/mol. The third kappa shape index (κ3) is 4.07. The molecule has 0 saturated heterocycles. The van der Waals surface area contributed by atoms with E-state index in [0.29, 0.717) is 16.5 Å². The van der Waals surface area contributed by atoms with Crippen molar-refractivity contribution in [2.45, 2.75) is 18.0 Å². The molecule has 0 aliphatic rings. The molecule has 0 saturated carbocycles. The van der Waals surface area contributed by atoms with Crippen molar-refractivity contribution < 1.29 is 17.6 Å². The minimum absolute atomic E-state index is 0.00464. The lowest BCUT2D eigenvalue weighted by molar-refractivity contribution is 0.351. The van der Waals surface area contributed by atoms with Crippen molar-refractivity contribution in [1.29, 1.82) is 0 Å². The van der Waals surface area contributed by atoms with Crippen LogP contribution in [0.25, 0.3) is 0 Å². The van der Waals surface area contributed by atoms with Gasteiger partial charge in [0, 0.05) is 11.2 Å². The molecule has 2 aromatic heterocycles. The summed E-state index contributed by atoms with van der Waals surface area (Å²) < 4.78 is 38.5. The minimum Gasteiger partial charge on any atom is -0.495 e. The Morgan fingerprint density at radius 2 is 2.00 bits per heavy atom. The maximum Gasteiger partial charge on any atom is 0.247 e. The second-order valence-electron chi connectivity index (χ2n) is 5.47. The molecule has 0 atom stereocenters. The third-order valence-electron chi connectivity index (χ3n) is 3.72. The Bertz CT molecular complexity index is 960. The fourth-order valence-electron chi connectivity index (χ4n) is 2.47. The number of halogens is 1. The van der Waals surface area contributed by atoms with Gasteiger partial charge in [0.1, 0.15) is 16.4 Å². The predicted octanol–water partition coefficient (Wildman–Crippen LogP) is 3.73. The van der Waals surface area contributed by atoms with E-state index in [1.54, 1.807) is 42.6 Å². The van der Waals surface area contributed by atoms with E-state index in [9.17, 15) is 8.42 Å². The van der Waals surface area contributed by atoms with Gasteiger partial charge in [-0.2, -0.15) is 4.31 Å². The normalized spacial score (nSPS) is 11.7. The Kier molecular flexibility index (Phi) is 5.61. The number of aromatic nitrogens is 1. The van der Waals surface area contributed by atoms with Crippen LogP contribution in [-0.2, 0) is 23.1 Å². The highest BCUT2D eigenvalue weighted by molar-refractivity contribution is 7.89. The number of furan rings is 1. The van der Waals surface area contributed by atoms with Gasteiger partial charge < -0.3 is 9.15 Å². The molecule has 0 radical (unpaired) electrons. The zero-order valence-electron chi connectivity index (χ0n) is 14.0. The van der Waals surface area contributed by atoms with Crippen molar-refractivity contribution in [2.75, 3.05) is 7.11 Å². The molecule has 1 aromatic carbocycles. The molecular weight excluding hydrogens is 376 g/mol. The summed E-state index contributed by atoms with van der Waals surface area (Å²) in [6.07, 6.45) is 3.12. The van der Waals surface area contributed by atoms with Gasteiger partial charge in [0.15, 0.2) is 0 Å². The van der Waals surface area contributed by atoms with E-state index in [1.807, 2.05) is 0 Å². The van der Waals surface area contributed by atoms with Crippen molar-refractivity contribution in [2.24, 2.45) is 0 Å². The standard InChI is InChI=1S/C18H17ClN2O4S/c1-24-17-8-7-14(19)11-18(17)26(22,23)21(13-16-6-4-10-25-16)12-15-5-2-3-9-20-15/h2-11H,12-13H2,1H3. The predicted molar refractivity (Wildman–Crippen MR) is 97.4 cm³/mol. The topological polar surface area (TPSA) is 72.6 Å². The van der Waals surface area contributed by atoms with Crippen LogP contribution in [0.1, 0.15) is 11.5 Å². The molecule has 0 spiro atoms. The first kappa shape index (κ1) is 18.4. The number of hydrogen-bond acceptors (Lipinski definition) is 5. The Morgan fingerprint density at radius 1 is 1.15 bits per heavy atom. The van der Waals surface area contributed by atoms with Crippen molar-refractivity contribution in [3.63, 3.8) is 0 Å². The highest BCUT2D eigenvalue weighted by Gasteiger charge is 2.29.